The third kappa shape index (κ3) is 2.82. The van der Waals surface area contributed by atoms with Gasteiger partial charge in [-0.1, -0.05) is 6.92 Å². The Bertz CT molecular complexity index is 396. The van der Waals surface area contributed by atoms with Crippen LogP contribution < -0.4 is 5.32 Å². The summed E-state index contributed by atoms with van der Waals surface area (Å²) in [5, 5.41) is 9.61. The monoisotopic (exact) mass is 238 g/mol. The van der Waals surface area contributed by atoms with Crippen LogP contribution in [0.3, 0.4) is 0 Å². The molecule has 2 rings (SSSR count). The number of ether oxygens (including phenoxy) is 1. The third-order valence-corrected chi connectivity index (χ3v) is 2.86. The smallest absolute Gasteiger partial charge is 0.291 e. The average molecular weight is 238 g/mol. The number of H-pyrrole nitrogens is 1. The first-order chi connectivity index (χ1) is 8.13. The van der Waals surface area contributed by atoms with Gasteiger partial charge in [-0.3, -0.25) is 9.89 Å². The average Bonchev–Trinajstić information content (AvgIpc) is 2.88. The van der Waals surface area contributed by atoms with E-state index in [-0.39, 0.29) is 17.3 Å². The quantitative estimate of drug-likeness (QED) is 0.807. The number of nitrogens with one attached hydrogen (secondary N) is 2. The third-order valence-electron chi connectivity index (χ3n) is 2.86. The fraction of sp³-hybridized carbons (Fsp3) is 0.727. The van der Waals surface area contributed by atoms with Crippen molar-refractivity contribution in [2.75, 3.05) is 13.2 Å². The van der Waals surface area contributed by atoms with Crippen molar-refractivity contribution in [3.63, 3.8) is 0 Å². The Morgan fingerprint density at radius 2 is 2.47 bits per heavy atom. The van der Waals surface area contributed by atoms with E-state index in [2.05, 4.69) is 27.4 Å². The first kappa shape index (κ1) is 12.0. The van der Waals surface area contributed by atoms with Crippen molar-refractivity contribution >= 4 is 5.91 Å². The summed E-state index contributed by atoms with van der Waals surface area (Å²) in [4.78, 5) is 16.1. The molecule has 1 unspecified atom stereocenters. The van der Waals surface area contributed by atoms with Crippen LogP contribution in [0.4, 0.5) is 0 Å². The van der Waals surface area contributed by atoms with Crippen LogP contribution in [0.15, 0.2) is 0 Å². The van der Waals surface area contributed by atoms with Gasteiger partial charge in [-0.05, 0) is 19.8 Å². The van der Waals surface area contributed by atoms with E-state index >= 15 is 0 Å². The molecule has 0 saturated carbocycles. The maximum atomic E-state index is 11.9. The van der Waals surface area contributed by atoms with Crippen molar-refractivity contribution in [2.24, 2.45) is 0 Å². The molecule has 1 aromatic rings. The van der Waals surface area contributed by atoms with E-state index in [1.54, 1.807) is 0 Å². The lowest BCUT2D eigenvalue weighted by Gasteiger charge is -2.22. The lowest BCUT2D eigenvalue weighted by atomic mass is 10.0. The minimum Gasteiger partial charge on any atom is -0.379 e. The first-order valence-electron chi connectivity index (χ1n) is 5.94. The van der Waals surface area contributed by atoms with Gasteiger partial charge < -0.3 is 10.1 Å². The molecule has 1 fully saturated rings. The molecule has 0 bridgehead atoms. The van der Waals surface area contributed by atoms with Crippen molar-refractivity contribution in [3.8, 4) is 0 Å². The van der Waals surface area contributed by atoms with E-state index in [0.717, 1.165) is 25.1 Å². The van der Waals surface area contributed by atoms with Crippen LogP contribution in [0.1, 0.15) is 43.1 Å². The Hall–Kier alpha value is -1.43. The predicted octanol–water partition coefficient (Wildman–Crippen LogP) is 0.666. The maximum absolute atomic E-state index is 11.9. The standard InChI is InChI=1S/C11H18N4O2/c1-3-4-8-12-9(15-14-8)10(16)13-11(2)5-6-17-7-11/h3-7H2,1-2H3,(H,13,16)(H,12,14,15). The Labute approximate surface area is 100 Å². The van der Waals surface area contributed by atoms with E-state index in [1.165, 1.54) is 0 Å². The van der Waals surface area contributed by atoms with Gasteiger partial charge in [0.05, 0.1) is 12.1 Å². The highest BCUT2D eigenvalue weighted by Gasteiger charge is 2.32. The number of aryl methyl sites for hydroxylation is 1. The number of nitrogens with zero attached hydrogens (tertiary/aromatic N) is 2. The molecule has 17 heavy (non-hydrogen) atoms. The summed E-state index contributed by atoms with van der Waals surface area (Å²) >= 11 is 0. The van der Waals surface area contributed by atoms with Gasteiger partial charge >= 0.3 is 0 Å². The van der Waals surface area contributed by atoms with Crippen molar-refractivity contribution in [2.45, 2.75) is 38.6 Å². The van der Waals surface area contributed by atoms with E-state index in [1.807, 2.05) is 6.92 Å². The van der Waals surface area contributed by atoms with E-state index in [0.29, 0.717) is 13.2 Å². The van der Waals surface area contributed by atoms with E-state index < -0.39 is 0 Å². The molecule has 2 heterocycles. The molecule has 6 heteroatoms. The molecule has 0 radical (unpaired) electrons. The number of carbonyl (C=O) groups excluding carboxylic acids is 1. The number of hydrogen-bond donors (Lipinski definition) is 2. The fourth-order valence-electron chi connectivity index (χ4n) is 1.84. The Kier molecular flexibility index (Phi) is 3.42. The first-order valence-corrected chi connectivity index (χ1v) is 5.94. The van der Waals surface area contributed by atoms with Crippen LogP contribution in [0.2, 0.25) is 0 Å². The molecule has 1 aliphatic heterocycles. The Morgan fingerprint density at radius 1 is 1.65 bits per heavy atom. The zero-order chi connectivity index (χ0) is 12.3. The number of amides is 1. The van der Waals surface area contributed by atoms with Crippen LogP contribution in [-0.2, 0) is 11.2 Å². The van der Waals surface area contributed by atoms with Crippen LogP contribution in [0.25, 0.3) is 0 Å². The largest absolute Gasteiger partial charge is 0.379 e. The molecular formula is C11H18N4O2. The highest BCUT2D eigenvalue weighted by molar-refractivity contribution is 5.90. The summed E-state index contributed by atoms with van der Waals surface area (Å²) in [6.45, 7) is 5.26. The highest BCUT2D eigenvalue weighted by Crippen LogP contribution is 2.17. The van der Waals surface area contributed by atoms with Gasteiger partial charge in [0.2, 0.25) is 5.82 Å². The normalized spacial score (nSPS) is 23.9. The van der Waals surface area contributed by atoms with Gasteiger partial charge in [-0.2, -0.15) is 0 Å². The lowest BCUT2D eigenvalue weighted by molar-refractivity contribution is 0.0879. The van der Waals surface area contributed by atoms with Gasteiger partial charge in [0.1, 0.15) is 5.82 Å². The van der Waals surface area contributed by atoms with Crippen molar-refractivity contribution in [1.29, 1.82) is 0 Å². The van der Waals surface area contributed by atoms with Crippen molar-refractivity contribution < 1.29 is 9.53 Å². The SMILES string of the molecule is CCCc1nc(C(=O)NC2(C)CCOC2)n[nH]1. The summed E-state index contributed by atoms with van der Waals surface area (Å²) in [5.74, 6) is 0.726. The van der Waals surface area contributed by atoms with Gasteiger partial charge in [-0.25, -0.2) is 4.98 Å². The molecule has 1 aliphatic rings. The predicted molar refractivity (Wildman–Crippen MR) is 61.7 cm³/mol. The molecule has 2 N–H and O–H groups in total. The molecule has 0 aliphatic carbocycles. The van der Waals surface area contributed by atoms with Crippen LogP contribution >= 0.6 is 0 Å². The molecule has 0 aromatic carbocycles. The zero-order valence-electron chi connectivity index (χ0n) is 10.2. The van der Waals surface area contributed by atoms with E-state index in [4.69, 9.17) is 4.74 Å². The summed E-state index contributed by atoms with van der Waals surface area (Å²) in [5.41, 5.74) is -0.289. The molecule has 1 amide bonds. The van der Waals surface area contributed by atoms with Crippen LogP contribution in [-0.4, -0.2) is 39.8 Å². The summed E-state index contributed by atoms with van der Waals surface area (Å²) in [7, 11) is 0. The summed E-state index contributed by atoms with van der Waals surface area (Å²) in [6.07, 6.45) is 2.60. The van der Waals surface area contributed by atoms with Crippen LogP contribution in [0, 0.1) is 0 Å². The van der Waals surface area contributed by atoms with E-state index in [9.17, 15) is 4.79 Å². The van der Waals surface area contributed by atoms with Gasteiger partial charge in [0.25, 0.3) is 5.91 Å². The fourth-order valence-corrected chi connectivity index (χ4v) is 1.84. The summed E-state index contributed by atoms with van der Waals surface area (Å²) < 4.78 is 5.28. The Morgan fingerprint density at radius 3 is 3.12 bits per heavy atom. The summed E-state index contributed by atoms with van der Waals surface area (Å²) in [6, 6.07) is 0. The van der Waals surface area contributed by atoms with Crippen molar-refractivity contribution in [3.05, 3.63) is 11.6 Å². The van der Waals surface area contributed by atoms with Crippen molar-refractivity contribution in [1.82, 2.24) is 20.5 Å². The highest BCUT2D eigenvalue weighted by atomic mass is 16.5. The zero-order valence-corrected chi connectivity index (χ0v) is 10.2. The van der Waals surface area contributed by atoms with Gasteiger partial charge in [-0.15, -0.1) is 5.10 Å². The number of carbonyl (C=O) groups is 1. The molecule has 1 atom stereocenters. The number of hydrogen-bond acceptors (Lipinski definition) is 4. The second-order valence-electron chi connectivity index (χ2n) is 4.67. The molecule has 1 saturated heterocycles. The lowest BCUT2D eigenvalue weighted by Crippen LogP contribution is -2.46. The number of rotatable bonds is 4. The minimum atomic E-state index is -0.289. The van der Waals surface area contributed by atoms with Gasteiger partial charge in [0.15, 0.2) is 0 Å². The molecule has 6 nitrogen and oxygen atoms in total. The number of aromatic amines is 1. The second-order valence-corrected chi connectivity index (χ2v) is 4.67. The van der Waals surface area contributed by atoms with Gasteiger partial charge in [0, 0.05) is 13.0 Å². The topological polar surface area (TPSA) is 79.9 Å². The molecule has 0 spiro atoms. The Balaban J connectivity index is 1.98. The van der Waals surface area contributed by atoms with Crippen LogP contribution in [0.5, 0.6) is 0 Å². The molecule has 1 aromatic heterocycles. The maximum Gasteiger partial charge on any atom is 0.291 e. The second kappa shape index (κ2) is 4.83. The number of aromatic nitrogens is 3. The molecule has 94 valence electrons. The minimum absolute atomic E-state index is 0.210. The molecular weight excluding hydrogens is 220 g/mol.